The Bertz CT molecular complexity index is 1070. The smallest absolute Gasteiger partial charge is 0.239 e. The predicted molar refractivity (Wildman–Crippen MR) is 99.7 cm³/mol. The minimum absolute atomic E-state index is 0.00599. The lowest BCUT2D eigenvalue weighted by Crippen LogP contribution is -2.31. The molecule has 0 radical (unpaired) electrons. The lowest BCUT2D eigenvalue weighted by atomic mass is 10.0. The fraction of sp³-hybridized carbons (Fsp3) is 0.211. The van der Waals surface area contributed by atoms with E-state index in [0.29, 0.717) is 11.4 Å². The molecule has 0 fully saturated rings. The minimum atomic E-state index is -3.28. The highest BCUT2D eigenvalue weighted by atomic mass is 32.2. The van der Waals surface area contributed by atoms with Crippen LogP contribution < -0.4 is 14.9 Å². The van der Waals surface area contributed by atoms with E-state index in [-0.39, 0.29) is 12.4 Å². The van der Waals surface area contributed by atoms with E-state index >= 15 is 0 Å². The maximum absolute atomic E-state index is 12.1. The number of allylic oxidation sites excluding steroid dienone is 1. The lowest BCUT2D eigenvalue weighted by Gasteiger charge is -2.11. The van der Waals surface area contributed by atoms with Crippen molar-refractivity contribution in [2.45, 2.75) is 19.3 Å². The molecular formula is C19H20N2O3S. The Hall–Kier alpha value is -2.44. The monoisotopic (exact) mass is 356 g/mol. The topological polar surface area (TPSA) is 70.5 Å². The number of pyridine rings is 1. The molecule has 1 aliphatic heterocycles. The van der Waals surface area contributed by atoms with Gasteiger partial charge in [-0.3, -0.25) is 4.31 Å². The number of hydrogen-bond donors (Lipinski definition) is 1. The van der Waals surface area contributed by atoms with Crippen molar-refractivity contribution >= 4 is 27.4 Å². The van der Waals surface area contributed by atoms with Crippen molar-refractivity contribution in [1.82, 2.24) is 4.98 Å². The van der Waals surface area contributed by atoms with Gasteiger partial charge >= 0.3 is 0 Å². The summed E-state index contributed by atoms with van der Waals surface area (Å²) in [4.78, 5) is 4.53. The molecule has 2 aromatic rings. The van der Waals surface area contributed by atoms with Crippen molar-refractivity contribution in [3.8, 4) is 0 Å². The maximum atomic E-state index is 12.1. The number of anilines is 1. The first-order valence-corrected chi connectivity index (χ1v) is 9.52. The lowest BCUT2D eigenvalue weighted by molar-refractivity contribution is 0.276. The first-order chi connectivity index (χ1) is 11.9. The third-order valence-electron chi connectivity index (χ3n) is 4.40. The van der Waals surface area contributed by atoms with Crippen LogP contribution in [0, 0.1) is 0 Å². The van der Waals surface area contributed by atoms with Crippen LogP contribution in [0.2, 0.25) is 0 Å². The van der Waals surface area contributed by atoms with Crippen molar-refractivity contribution in [3.05, 3.63) is 70.4 Å². The number of rotatable bonds is 3. The number of hydrogen-bond acceptors (Lipinski definition) is 4. The van der Waals surface area contributed by atoms with Gasteiger partial charge in [-0.2, -0.15) is 0 Å². The van der Waals surface area contributed by atoms with Gasteiger partial charge in [0.2, 0.25) is 10.0 Å². The summed E-state index contributed by atoms with van der Waals surface area (Å²) in [6, 6.07) is 9.25. The summed E-state index contributed by atoms with van der Waals surface area (Å²) in [6.07, 6.45) is 3.66. The van der Waals surface area contributed by atoms with Gasteiger partial charge in [-0.1, -0.05) is 30.9 Å². The van der Waals surface area contributed by atoms with Crippen LogP contribution in [0.4, 0.5) is 5.69 Å². The van der Waals surface area contributed by atoms with Crippen molar-refractivity contribution in [1.29, 1.82) is 0 Å². The molecule has 1 N–H and O–H groups in total. The molecule has 0 spiro atoms. The van der Waals surface area contributed by atoms with Gasteiger partial charge in [0, 0.05) is 12.6 Å². The fourth-order valence-corrected chi connectivity index (χ4v) is 4.31. The number of aromatic nitrogens is 1. The second-order valence-corrected chi connectivity index (χ2v) is 7.87. The first kappa shape index (κ1) is 17.4. The van der Waals surface area contributed by atoms with E-state index in [9.17, 15) is 13.5 Å². The van der Waals surface area contributed by atoms with E-state index in [0.717, 1.165) is 27.3 Å². The maximum Gasteiger partial charge on any atom is 0.239 e. The number of aliphatic hydroxyl groups excluding tert-OH is 1. The van der Waals surface area contributed by atoms with Gasteiger partial charge in [0.1, 0.15) is 0 Å². The minimum Gasteiger partial charge on any atom is -0.390 e. The van der Waals surface area contributed by atoms with Crippen molar-refractivity contribution in [2.75, 3.05) is 11.4 Å². The molecule has 0 amide bonds. The van der Waals surface area contributed by atoms with Crippen LogP contribution in [0.3, 0.4) is 0 Å². The van der Waals surface area contributed by atoms with Crippen LogP contribution in [0.5, 0.6) is 0 Å². The van der Waals surface area contributed by atoms with Gasteiger partial charge in [0.05, 0.1) is 29.1 Å². The van der Waals surface area contributed by atoms with E-state index in [1.54, 1.807) is 19.2 Å². The molecule has 0 unspecified atom stereocenters. The van der Waals surface area contributed by atoms with Crippen LogP contribution in [0.15, 0.2) is 43.0 Å². The SMILES string of the molecule is C=C/C(c1ccc2c(c1)CS(=O)(=O)N2C)=c1/nc(CO)cc/c1=C/C. The molecule has 0 aliphatic carbocycles. The van der Waals surface area contributed by atoms with Crippen LogP contribution in [-0.2, 0) is 22.4 Å². The molecule has 130 valence electrons. The van der Waals surface area contributed by atoms with E-state index in [1.165, 1.54) is 4.31 Å². The quantitative estimate of drug-likeness (QED) is 0.892. The Labute approximate surface area is 147 Å². The first-order valence-electron chi connectivity index (χ1n) is 7.91. The summed E-state index contributed by atoms with van der Waals surface area (Å²) in [7, 11) is -1.71. The van der Waals surface area contributed by atoms with E-state index in [1.807, 2.05) is 37.3 Å². The third-order valence-corrected chi connectivity index (χ3v) is 6.11. The Morgan fingerprint density at radius 2 is 2.12 bits per heavy atom. The fourth-order valence-electron chi connectivity index (χ4n) is 3.02. The molecule has 6 heteroatoms. The second-order valence-electron chi connectivity index (χ2n) is 5.87. The number of nitrogens with zero attached hydrogens (tertiary/aromatic N) is 2. The van der Waals surface area contributed by atoms with Gasteiger partial charge in [0.25, 0.3) is 0 Å². The average molecular weight is 356 g/mol. The Morgan fingerprint density at radius 1 is 1.36 bits per heavy atom. The van der Waals surface area contributed by atoms with Gasteiger partial charge in [-0.25, -0.2) is 13.4 Å². The summed E-state index contributed by atoms with van der Waals surface area (Å²) < 4.78 is 25.5. The standard InChI is InChI=1S/C19H20N2O3S/c1-4-13-6-8-16(11-22)20-19(13)17(5-2)14-7-9-18-15(10-14)12-25(23,24)21(18)3/h4-10,22H,2,11-12H2,1,3H3/b13-4-,19-17-. The van der Waals surface area contributed by atoms with E-state index in [2.05, 4.69) is 11.6 Å². The molecular weight excluding hydrogens is 336 g/mol. The molecule has 5 nitrogen and oxygen atoms in total. The Morgan fingerprint density at radius 3 is 2.76 bits per heavy atom. The third kappa shape index (κ3) is 2.99. The second kappa shape index (κ2) is 6.46. The van der Waals surface area contributed by atoms with Gasteiger partial charge < -0.3 is 5.11 Å². The Balaban J connectivity index is 2.28. The van der Waals surface area contributed by atoms with Crippen molar-refractivity contribution in [2.24, 2.45) is 0 Å². The molecule has 1 aromatic carbocycles. The zero-order valence-electron chi connectivity index (χ0n) is 14.2. The molecule has 0 bridgehead atoms. The summed E-state index contributed by atoms with van der Waals surface area (Å²) in [5.74, 6) is -0.00599. The van der Waals surface area contributed by atoms with E-state index in [4.69, 9.17) is 0 Å². The largest absolute Gasteiger partial charge is 0.390 e. The van der Waals surface area contributed by atoms with Crippen LogP contribution >= 0.6 is 0 Å². The number of fused-ring (bicyclic) bond motifs is 1. The summed E-state index contributed by atoms with van der Waals surface area (Å²) in [5, 5.41) is 11.0. The average Bonchev–Trinajstić information content (AvgIpc) is 2.84. The van der Waals surface area contributed by atoms with Crippen molar-refractivity contribution in [3.63, 3.8) is 0 Å². The number of benzene rings is 1. The molecule has 25 heavy (non-hydrogen) atoms. The van der Waals surface area contributed by atoms with Crippen molar-refractivity contribution < 1.29 is 13.5 Å². The van der Waals surface area contributed by atoms with E-state index < -0.39 is 10.0 Å². The molecule has 3 rings (SSSR count). The number of sulfonamides is 1. The van der Waals surface area contributed by atoms with Gasteiger partial charge in [-0.15, -0.1) is 0 Å². The zero-order valence-corrected chi connectivity index (χ0v) is 15.0. The summed E-state index contributed by atoms with van der Waals surface area (Å²) >= 11 is 0. The molecule has 0 saturated heterocycles. The van der Waals surface area contributed by atoms with Gasteiger partial charge in [-0.05, 0) is 41.5 Å². The molecule has 0 saturated carbocycles. The van der Waals surface area contributed by atoms with Gasteiger partial charge in [0.15, 0.2) is 0 Å². The highest BCUT2D eigenvalue weighted by Crippen LogP contribution is 2.33. The highest BCUT2D eigenvalue weighted by molar-refractivity contribution is 7.92. The van der Waals surface area contributed by atoms with Crippen LogP contribution in [-0.4, -0.2) is 25.6 Å². The van der Waals surface area contributed by atoms with Crippen LogP contribution in [0.1, 0.15) is 23.7 Å². The summed E-state index contributed by atoms with van der Waals surface area (Å²) in [6.45, 7) is 5.68. The zero-order chi connectivity index (χ0) is 18.2. The molecule has 0 atom stereocenters. The molecule has 2 heterocycles. The Kier molecular flexibility index (Phi) is 4.49. The molecule has 1 aromatic heterocycles. The molecule has 1 aliphatic rings. The number of aliphatic hydroxyl groups is 1. The summed E-state index contributed by atoms with van der Waals surface area (Å²) in [5.41, 5.74) is 3.69. The normalized spacial score (nSPS) is 17.4. The highest BCUT2D eigenvalue weighted by Gasteiger charge is 2.30. The predicted octanol–water partition coefficient (Wildman–Crippen LogP) is 1.04. The van der Waals surface area contributed by atoms with Crippen LogP contribution in [0.25, 0.3) is 11.6 Å².